The van der Waals surface area contributed by atoms with Crippen LogP contribution in [-0.4, -0.2) is 4.98 Å². The molecule has 0 aliphatic rings. The van der Waals surface area contributed by atoms with Crippen LogP contribution < -0.4 is 5.76 Å². The number of aromatic amines is 1. The Labute approximate surface area is 98.4 Å². The first-order valence-electron chi connectivity index (χ1n) is 5.38. The summed E-state index contributed by atoms with van der Waals surface area (Å²) in [6.45, 7) is 4.21. The number of H-pyrrole nitrogens is 1. The minimum Gasteiger partial charge on any atom is -0.408 e. The fourth-order valence-electron chi connectivity index (χ4n) is 1.67. The Morgan fingerprint density at radius 1 is 1.50 bits per heavy atom. The molecule has 1 heterocycles. The van der Waals surface area contributed by atoms with Crippen LogP contribution in [0, 0.1) is 5.92 Å². The van der Waals surface area contributed by atoms with Gasteiger partial charge in [-0.2, -0.15) is 0 Å². The molecule has 2 atom stereocenters. The monoisotopic (exact) mass is 239 g/mol. The van der Waals surface area contributed by atoms with Gasteiger partial charge in [0.25, 0.3) is 0 Å². The number of hydrogen-bond donors (Lipinski definition) is 1. The van der Waals surface area contributed by atoms with E-state index in [4.69, 9.17) is 16.0 Å². The van der Waals surface area contributed by atoms with Gasteiger partial charge >= 0.3 is 5.76 Å². The second-order valence-electron chi connectivity index (χ2n) is 4.06. The molecule has 0 saturated carbocycles. The van der Waals surface area contributed by atoms with Crippen molar-refractivity contribution in [2.24, 2.45) is 5.92 Å². The van der Waals surface area contributed by atoms with Crippen molar-refractivity contribution < 1.29 is 4.42 Å². The van der Waals surface area contributed by atoms with Crippen molar-refractivity contribution in [3.8, 4) is 0 Å². The van der Waals surface area contributed by atoms with Crippen LogP contribution in [0.2, 0.25) is 0 Å². The van der Waals surface area contributed by atoms with E-state index >= 15 is 0 Å². The molecule has 0 aliphatic heterocycles. The van der Waals surface area contributed by atoms with Crippen LogP contribution >= 0.6 is 11.6 Å². The van der Waals surface area contributed by atoms with Gasteiger partial charge in [-0.15, -0.1) is 11.6 Å². The summed E-state index contributed by atoms with van der Waals surface area (Å²) in [4.78, 5) is 13.6. The number of halogens is 1. The highest BCUT2D eigenvalue weighted by molar-refractivity contribution is 6.21. The molecule has 2 aromatic rings. The first kappa shape index (κ1) is 11.3. The fraction of sp³-hybridized carbons (Fsp3) is 0.417. The lowest BCUT2D eigenvalue weighted by Crippen LogP contribution is -2.02. The molecule has 0 aliphatic carbocycles. The molecule has 1 aromatic carbocycles. The van der Waals surface area contributed by atoms with E-state index in [1.807, 2.05) is 18.2 Å². The van der Waals surface area contributed by atoms with Crippen molar-refractivity contribution in [1.82, 2.24) is 4.98 Å². The zero-order chi connectivity index (χ0) is 11.7. The Bertz CT molecular complexity index is 543. The predicted molar refractivity (Wildman–Crippen MR) is 64.9 cm³/mol. The summed E-state index contributed by atoms with van der Waals surface area (Å²) >= 11 is 6.33. The molecule has 0 amide bonds. The van der Waals surface area contributed by atoms with E-state index in [0.29, 0.717) is 17.0 Å². The van der Waals surface area contributed by atoms with Crippen molar-refractivity contribution in [3.05, 3.63) is 34.3 Å². The summed E-state index contributed by atoms with van der Waals surface area (Å²) in [5, 5.41) is -0.0467. The van der Waals surface area contributed by atoms with Crippen LogP contribution in [0.3, 0.4) is 0 Å². The molecular formula is C12H14ClNO2. The van der Waals surface area contributed by atoms with E-state index in [-0.39, 0.29) is 5.38 Å². The second-order valence-corrected chi connectivity index (χ2v) is 4.53. The number of benzene rings is 1. The number of alkyl halides is 1. The molecule has 0 radical (unpaired) electrons. The van der Waals surface area contributed by atoms with Gasteiger partial charge in [-0.25, -0.2) is 4.79 Å². The fourth-order valence-corrected chi connectivity index (χ4v) is 1.98. The minimum absolute atomic E-state index is 0.0467. The number of hydrogen-bond acceptors (Lipinski definition) is 2. The van der Waals surface area contributed by atoms with Crippen molar-refractivity contribution in [2.45, 2.75) is 25.6 Å². The largest absolute Gasteiger partial charge is 0.417 e. The Morgan fingerprint density at radius 3 is 2.94 bits per heavy atom. The zero-order valence-corrected chi connectivity index (χ0v) is 10.0. The molecule has 1 N–H and O–H groups in total. The minimum atomic E-state index is -0.429. The van der Waals surface area contributed by atoms with Gasteiger partial charge in [-0.3, -0.25) is 4.98 Å². The van der Waals surface area contributed by atoms with Crippen LogP contribution in [-0.2, 0) is 0 Å². The highest BCUT2D eigenvalue weighted by atomic mass is 35.5. The van der Waals surface area contributed by atoms with Gasteiger partial charge in [-0.1, -0.05) is 26.3 Å². The Kier molecular flexibility index (Phi) is 3.06. The van der Waals surface area contributed by atoms with E-state index in [9.17, 15) is 4.79 Å². The van der Waals surface area contributed by atoms with Crippen molar-refractivity contribution in [2.75, 3.05) is 0 Å². The summed E-state index contributed by atoms with van der Waals surface area (Å²) < 4.78 is 5.00. The second kappa shape index (κ2) is 4.34. The molecule has 0 bridgehead atoms. The predicted octanol–water partition coefficient (Wildman–Crippen LogP) is 3.45. The first-order valence-corrected chi connectivity index (χ1v) is 5.82. The van der Waals surface area contributed by atoms with Crippen LogP contribution in [0.5, 0.6) is 0 Å². The van der Waals surface area contributed by atoms with Gasteiger partial charge < -0.3 is 4.42 Å². The number of nitrogens with one attached hydrogen (secondary N) is 1. The van der Waals surface area contributed by atoms with Crippen LogP contribution in [0.15, 0.2) is 27.4 Å². The normalized spacial score (nSPS) is 15.2. The Morgan fingerprint density at radius 2 is 2.25 bits per heavy atom. The van der Waals surface area contributed by atoms with Gasteiger partial charge in [0.15, 0.2) is 5.58 Å². The molecule has 16 heavy (non-hydrogen) atoms. The topological polar surface area (TPSA) is 46.0 Å². The third-order valence-electron chi connectivity index (χ3n) is 2.91. The van der Waals surface area contributed by atoms with E-state index in [1.165, 1.54) is 0 Å². The average Bonchev–Trinajstić information content (AvgIpc) is 2.65. The summed E-state index contributed by atoms with van der Waals surface area (Å²) in [5.74, 6) is -0.0356. The van der Waals surface area contributed by atoms with Gasteiger partial charge in [-0.05, 0) is 23.6 Å². The number of fused-ring (bicyclic) bond motifs is 1. The molecule has 3 nitrogen and oxygen atoms in total. The van der Waals surface area contributed by atoms with E-state index < -0.39 is 5.76 Å². The van der Waals surface area contributed by atoms with Crippen molar-refractivity contribution in [3.63, 3.8) is 0 Å². The third kappa shape index (κ3) is 2.00. The van der Waals surface area contributed by atoms with E-state index in [0.717, 1.165) is 12.0 Å². The molecule has 1 aromatic heterocycles. The first-order chi connectivity index (χ1) is 7.61. The summed E-state index contributed by atoms with van der Waals surface area (Å²) in [6.07, 6.45) is 1.02. The van der Waals surface area contributed by atoms with E-state index in [2.05, 4.69) is 18.8 Å². The molecule has 0 spiro atoms. The molecular weight excluding hydrogens is 226 g/mol. The lowest BCUT2D eigenvalue weighted by molar-refractivity contribution is 0.538. The third-order valence-corrected chi connectivity index (χ3v) is 3.59. The maximum absolute atomic E-state index is 11.0. The van der Waals surface area contributed by atoms with Gasteiger partial charge in [0.2, 0.25) is 0 Å². The van der Waals surface area contributed by atoms with Gasteiger partial charge in [0.1, 0.15) is 0 Å². The van der Waals surface area contributed by atoms with Crippen molar-refractivity contribution in [1.29, 1.82) is 0 Å². The van der Waals surface area contributed by atoms with Gasteiger partial charge in [0.05, 0.1) is 10.9 Å². The lowest BCUT2D eigenvalue weighted by atomic mass is 9.98. The Hall–Kier alpha value is -1.22. The highest BCUT2D eigenvalue weighted by Gasteiger charge is 2.16. The Balaban J connectivity index is 2.42. The molecule has 2 unspecified atom stereocenters. The zero-order valence-electron chi connectivity index (χ0n) is 9.29. The molecule has 86 valence electrons. The van der Waals surface area contributed by atoms with Crippen LogP contribution in [0.25, 0.3) is 11.1 Å². The standard InChI is InChI=1S/C12H14ClNO2/c1-3-7(2)11(13)8-4-5-9-10(6-8)16-12(15)14-9/h4-7,11H,3H2,1-2H3,(H,14,15). The average molecular weight is 240 g/mol. The maximum Gasteiger partial charge on any atom is 0.417 e. The number of oxazole rings is 1. The number of rotatable bonds is 3. The summed E-state index contributed by atoms with van der Waals surface area (Å²) in [6, 6.07) is 5.59. The molecule has 2 rings (SSSR count). The van der Waals surface area contributed by atoms with Crippen molar-refractivity contribution >= 4 is 22.7 Å². The SMILES string of the molecule is CCC(C)C(Cl)c1ccc2[nH]c(=O)oc2c1. The molecule has 0 fully saturated rings. The van der Waals surface area contributed by atoms with E-state index in [1.54, 1.807) is 0 Å². The summed E-state index contributed by atoms with van der Waals surface area (Å²) in [7, 11) is 0. The number of aromatic nitrogens is 1. The highest BCUT2D eigenvalue weighted by Crippen LogP contribution is 2.31. The maximum atomic E-state index is 11.0. The quantitative estimate of drug-likeness (QED) is 0.834. The van der Waals surface area contributed by atoms with Gasteiger partial charge in [0, 0.05) is 0 Å². The van der Waals surface area contributed by atoms with Crippen LogP contribution in [0.4, 0.5) is 0 Å². The van der Waals surface area contributed by atoms with Crippen LogP contribution in [0.1, 0.15) is 31.2 Å². The molecule has 4 heteroatoms. The smallest absolute Gasteiger partial charge is 0.408 e. The molecule has 0 saturated heterocycles. The lowest BCUT2D eigenvalue weighted by Gasteiger charge is -2.16. The summed E-state index contributed by atoms with van der Waals surface area (Å²) in [5.41, 5.74) is 2.27.